The highest BCUT2D eigenvalue weighted by molar-refractivity contribution is 5.66. The molecule has 0 aromatic heterocycles. The van der Waals surface area contributed by atoms with Crippen LogP contribution >= 0.6 is 0 Å². The summed E-state index contributed by atoms with van der Waals surface area (Å²) in [5, 5.41) is 8.60. The van der Waals surface area contributed by atoms with Crippen LogP contribution < -0.4 is 9.64 Å². The van der Waals surface area contributed by atoms with Crippen molar-refractivity contribution in [2.45, 2.75) is 32.1 Å². The summed E-state index contributed by atoms with van der Waals surface area (Å²) in [6.45, 7) is 2.75. The van der Waals surface area contributed by atoms with Crippen LogP contribution in [0.5, 0.6) is 5.75 Å². The molecule has 4 heteroatoms. The van der Waals surface area contributed by atoms with Crippen LogP contribution in [0.4, 0.5) is 5.69 Å². The van der Waals surface area contributed by atoms with Gasteiger partial charge in [-0.1, -0.05) is 18.6 Å². The van der Waals surface area contributed by atoms with Crippen molar-refractivity contribution in [3.63, 3.8) is 0 Å². The van der Waals surface area contributed by atoms with Gasteiger partial charge >= 0.3 is 5.97 Å². The number of rotatable bonds is 6. The molecule has 2 rings (SSSR count). The lowest BCUT2D eigenvalue weighted by Crippen LogP contribution is -2.25. The van der Waals surface area contributed by atoms with E-state index < -0.39 is 5.97 Å². The molecule has 0 aliphatic carbocycles. The summed E-state index contributed by atoms with van der Waals surface area (Å²) in [5.41, 5.74) is 1.17. The maximum Gasteiger partial charge on any atom is 0.303 e. The number of unbranched alkanes of at least 4 members (excludes halogenated alkanes) is 2. The zero-order valence-corrected chi connectivity index (χ0v) is 11.2. The largest absolute Gasteiger partial charge is 0.491 e. The number of carbonyl (C=O) groups is 1. The Bertz CT molecular complexity index is 420. The van der Waals surface area contributed by atoms with Crippen molar-refractivity contribution in [1.29, 1.82) is 0 Å². The van der Waals surface area contributed by atoms with Gasteiger partial charge in [-0.15, -0.1) is 0 Å². The van der Waals surface area contributed by atoms with E-state index in [1.54, 1.807) is 0 Å². The molecule has 1 aromatic rings. The molecule has 0 saturated heterocycles. The molecular formula is C15H21NO3. The van der Waals surface area contributed by atoms with E-state index in [2.05, 4.69) is 11.0 Å². The van der Waals surface area contributed by atoms with E-state index in [1.807, 2.05) is 18.2 Å². The topological polar surface area (TPSA) is 49.8 Å². The zero-order chi connectivity index (χ0) is 13.5. The second-order valence-corrected chi connectivity index (χ2v) is 4.86. The van der Waals surface area contributed by atoms with Gasteiger partial charge in [-0.3, -0.25) is 4.79 Å². The number of aliphatic carboxylic acids is 1. The third-order valence-electron chi connectivity index (χ3n) is 3.35. The fraction of sp³-hybridized carbons (Fsp3) is 0.533. The Hall–Kier alpha value is -1.71. The molecule has 0 spiro atoms. The lowest BCUT2D eigenvalue weighted by Gasteiger charge is -2.23. The molecule has 0 unspecified atom stereocenters. The SMILES string of the molecule is O=C(O)CCCCCN1CCCOc2ccccc21. The second-order valence-electron chi connectivity index (χ2n) is 4.86. The highest BCUT2D eigenvalue weighted by Crippen LogP contribution is 2.30. The molecule has 1 aliphatic rings. The van der Waals surface area contributed by atoms with E-state index in [0.717, 1.165) is 51.1 Å². The minimum absolute atomic E-state index is 0.277. The van der Waals surface area contributed by atoms with Gasteiger partial charge in [-0.05, 0) is 31.4 Å². The Morgan fingerprint density at radius 2 is 2.11 bits per heavy atom. The van der Waals surface area contributed by atoms with Gasteiger partial charge in [0.25, 0.3) is 0 Å². The number of ether oxygens (including phenoxy) is 1. The van der Waals surface area contributed by atoms with Crippen molar-refractivity contribution in [2.24, 2.45) is 0 Å². The van der Waals surface area contributed by atoms with E-state index in [1.165, 1.54) is 5.69 Å². The third-order valence-corrected chi connectivity index (χ3v) is 3.35. The summed E-state index contributed by atoms with van der Waals surface area (Å²) < 4.78 is 5.72. The van der Waals surface area contributed by atoms with Crippen LogP contribution in [-0.2, 0) is 4.79 Å². The molecule has 1 aliphatic heterocycles. The molecule has 19 heavy (non-hydrogen) atoms. The van der Waals surface area contributed by atoms with E-state index in [9.17, 15) is 4.79 Å². The van der Waals surface area contributed by atoms with Crippen molar-refractivity contribution in [2.75, 3.05) is 24.6 Å². The average Bonchev–Trinajstić information content (AvgIpc) is 2.61. The predicted octanol–water partition coefficient (Wildman–Crippen LogP) is 2.92. The number of anilines is 1. The Kier molecular flexibility index (Phi) is 5.07. The van der Waals surface area contributed by atoms with Crippen LogP contribution in [0.2, 0.25) is 0 Å². The molecule has 0 radical (unpaired) electrons. The molecule has 0 bridgehead atoms. The summed E-state index contributed by atoms with van der Waals surface area (Å²) in [7, 11) is 0. The predicted molar refractivity (Wildman–Crippen MR) is 74.9 cm³/mol. The molecule has 0 fully saturated rings. The number of fused-ring (bicyclic) bond motifs is 1. The lowest BCUT2D eigenvalue weighted by molar-refractivity contribution is -0.137. The van der Waals surface area contributed by atoms with E-state index in [4.69, 9.17) is 9.84 Å². The molecule has 1 N–H and O–H groups in total. The van der Waals surface area contributed by atoms with Gasteiger partial charge in [0.1, 0.15) is 5.75 Å². The number of nitrogens with zero attached hydrogens (tertiary/aromatic N) is 1. The van der Waals surface area contributed by atoms with Crippen LogP contribution in [-0.4, -0.2) is 30.8 Å². The summed E-state index contributed by atoms with van der Waals surface area (Å²) >= 11 is 0. The van der Waals surface area contributed by atoms with Crippen molar-refractivity contribution in [1.82, 2.24) is 0 Å². The number of hydrogen-bond acceptors (Lipinski definition) is 3. The van der Waals surface area contributed by atoms with Crippen LogP contribution in [0.25, 0.3) is 0 Å². The zero-order valence-electron chi connectivity index (χ0n) is 11.2. The molecule has 1 heterocycles. The maximum atomic E-state index is 10.4. The second kappa shape index (κ2) is 7.02. The number of para-hydroxylation sites is 2. The van der Waals surface area contributed by atoms with E-state index >= 15 is 0 Å². The fourth-order valence-electron chi connectivity index (χ4n) is 2.39. The average molecular weight is 263 g/mol. The Balaban J connectivity index is 1.84. The van der Waals surface area contributed by atoms with Crippen molar-refractivity contribution in [3.8, 4) is 5.75 Å². The molecule has 1 aromatic carbocycles. The molecule has 4 nitrogen and oxygen atoms in total. The van der Waals surface area contributed by atoms with Gasteiger partial charge in [0, 0.05) is 19.5 Å². The third kappa shape index (κ3) is 4.16. The normalized spacial score (nSPS) is 14.4. The molecule has 0 saturated carbocycles. The number of carboxylic acids is 1. The van der Waals surface area contributed by atoms with Crippen LogP contribution in [0.3, 0.4) is 0 Å². The quantitative estimate of drug-likeness (QED) is 0.802. The smallest absolute Gasteiger partial charge is 0.303 e. The van der Waals surface area contributed by atoms with Gasteiger partial charge in [-0.25, -0.2) is 0 Å². The lowest BCUT2D eigenvalue weighted by atomic mass is 10.1. The van der Waals surface area contributed by atoms with Gasteiger partial charge in [0.15, 0.2) is 0 Å². The summed E-state index contributed by atoms with van der Waals surface area (Å²) in [5.74, 6) is 0.263. The Morgan fingerprint density at radius 3 is 2.95 bits per heavy atom. The maximum absolute atomic E-state index is 10.4. The fourth-order valence-corrected chi connectivity index (χ4v) is 2.39. The van der Waals surface area contributed by atoms with E-state index in [0.29, 0.717) is 0 Å². The number of benzene rings is 1. The molecular weight excluding hydrogens is 242 g/mol. The van der Waals surface area contributed by atoms with E-state index in [-0.39, 0.29) is 6.42 Å². The standard InChI is InChI=1S/C15H21NO3/c17-15(18)9-2-1-5-10-16-11-6-12-19-14-8-4-3-7-13(14)16/h3-4,7-8H,1-2,5-6,9-12H2,(H,17,18). The first-order valence-electron chi connectivity index (χ1n) is 6.96. The monoisotopic (exact) mass is 263 g/mol. The Labute approximate surface area is 114 Å². The first-order chi connectivity index (χ1) is 9.27. The van der Waals surface area contributed by atoms with Gasteiger partial charge in [-0.2, -0.15) is 0 Å². The van der Waals surface area contributed by atoms with Gasteiger partial charge in [0.05, 0.1) is 12.3 Å². The summed E-state index contributed by atoms with van der Waals surface area (Å²) in [4.78, 5) is 12.8. The number of carboxylic acid groups (broad SMARTS) is 1. The summed E-state index contributed by atoms with van der Waals surface area (Å²) in [6.07, 6.45) is 4.07. The molecule has 0 atom stereocenters. The van der Waals surface area contributed by atoms with Crippen LogP contribution in [0.1, 0.15) is 32.1 Å². The molecule has 104 valence electrons. The Morgan fingerprint density at radius 1 is 1.26 bits per heavy atom. The highest BCUT2D eigenvalue weighted by atomic mass is 16.5. The summed E-state index contributed by atoms with van der Waals surface area (Å²) in [6, 6.07) is 8.14. The van der Waals surface area contributed by atoms with Crippen molar-refractivity contribution >= 4 is 11.7 Å². The highest BCUT2D eigenvalue weighted by Gasteiger charge is 2.14. The first kappa shape index (κ1) is 13.7. The minimum atomic E-state index is -0.700. The van der Waals surface area contributed by atoms with Gasteiger partial charge in [0.2, 0.25) is 0 Å². The van der Waals surface area contributed by atoms with Crippen LogP contribution in [0.15, 0.2) is 24.3 Å². The van der Waals surface area contributed by atoms with Gasteiger partial charge < -0.3 is 14.7 Å². The first-order valence-corrected chi connectivity index (χ1v) is 6.96. The minimum Gasteiger partial charge on any atom is -0.491 e. The van der Waals surface area contributed by atoms with Crippen molar-refractivity contribution < 1.29 is 14.6 Å². The number of hydrogen-bond donors (Lipinski definition) is 1. The molecule has 0 amide bonds. The van der Waals surface area contributed by atoms with Crippen LogP contribution in [0, 0.1) is 0 Å². The van der Waals surface area contributed by atoms with Crippen molar-refractivity contribution in [3.05, 3.63) is 24.3 Å².